The van der Waals surface area contributed by atoms with E-state index in [1.807, 2.05) is 11.8 Å². The van der Waals surface area contributed by atoms with Crippen LogP contribution in [0.3, 0.4) is 0 Å². The lowest BCUT2D eigenvalue weighted by Gasteiger charge is -2.20. The first-order valence-electron chi connectivity index (χ1n) is 8.63. The molecule has 1 aromatic heterocycles. The van der Waals surface area contributed by atoms with Crippen molar-refractivity contribution in [1.29, 1.82) is 0 Å². The fourth-order valence-electron chi connectivity index (χ4n) is 3.87. The highest BCUT2D eigenvalue weighted by molar-refractivity contribution is 7.09. The highest BCUT2D eigenvalue weighted by Gasteiger charge is 2.49. The zero-order valence-corrected chi connectivity index (χ0v) is 14.8. The first-order valence-corrected chi connectivity index (χ1v) is 9.51. The van der Waals surface area contributed by atoms with Crippen LogP contribution in [-0.2, 0) is 9.53 Å². The van der Waals surface area contributed by atoms with Crippen LogP contribution >= 0.6 is 11.3 Å². The summed E-state index contributed by atoms with van der Waals surface area (Å²) in [6, 6.07) is 0. The summed E-state index contributed by atoms with van der Waals surface area (Å²) in [6.45, 7) is 6.74. The van der Waals surface area contributed by atoms with E-state index in [1.165, 1.54) is 11.3 Å². The van der Waals surface area contributed by atoms with Crippen molar-refractivity contribution in [2.24, 2.45) is 23.7 Å². The van der Waals surface area contributed by atoms with Gasteiger partial charge < -0.3 is 15.0 Å². The van der Waals surface area contributed by atoms with E-state index in [0.717, 1.165) is 18.0 Å². The topological polar surface area (TPSA) is 71.5 Å². The number of amides is 2. The van der Waals surface area contributed by atoms with Crippen LogP contribution in [0.1, 0.15) is 28.8 Å². The SMILES string of the molecule is Cc1nc(C(=O)NC[C@H]2CO[C@@H]3CN(C(=O)[C@@H]4C[C@H]4C)C[C@H]23)cs1. The molecule has 1 aromatic rings. The highest BCUT2D eigenvalue weighted by atomic mass is 32.1. The van der Waals surface area contributed by atoms with Gasteiger partial charge in [0.1, 0.15) is 5.69 Å². The Labute approximate surface area is 145 Å². The van der Waals surface area contributed by atoms with Gasteiger partial charge in [-0.1, -0.05) is 6.92 Å². The molecule has 24 heavy (non-hydrogen) atoms. The fraction of sp³-hybridized carbons (Fsp3) is 0.706. The zero-order chi connectivity index (χ0) is 16.8. The van der Waals surface area contributed by atoms with Crippen molar-refractivity contribution >= 4 is 23.2 Å². The molecule has 0 unspecified atom stereocenters. The van der Waals surface area contributed by atoms with E-state index in [-0.39, 0.29) is 23.8 Å². The standard InChI is InChI=1S/C17H23N3O3S/c1-9-3-12(9)17(22)20-5-13-11(7-23-15(13)6-20)4-18-16(21)14-8-24-10(2)19-14/h8-9,11-13,15H,3-7H2,1-2H3,(H,18,21)/t9-,11+,12-,13-,15-/m1/s1. The number of ether oxygens (including phenoxy) is 1. The predicted molar refractivity (Wildman–Crippen MR) is 89.8 cm³/mol. The van der Waals surface area contributed by atoms with Crippen LogP contribution in [-0.4, -0.2) is 54.0 Å². The van der Waals surface area contributed by atoms with Gasteiger partial charge in [0.15, 0.2) is 0 Å². The van der Waals surface area contributed by atoms with E-state index in [2.05, 4.69) is 17.2 Å². The van der Waals surface area contributed by atoms with Crippen LogP contribution in [0.5, 0.6) is 0 Å². The van der Waals surface area contributed by atoms with Crippen LogP contribution in [0.4, 0.5) is 0 Å². The molecule has 6 nitrogen and oxygen atoms in total. The number of hydrogen-bond acceptors (Lipinski definition) is 5. The average Bonchev–Trinajstić information content (AvgIpc) is 2.95. The number of likely N-dealkylation sites (tertiary alicyclic amines) is 1. The van der Waals surface area contributed by atoms with E-state index in [9.17, 15) is 9.59 Å². The molecule has 3 aliphatic rings. The second-order valence-corrected chi connectivity index (χ2v) is 8.38. The molecular weight excluding hydrogens is 326 g/mol. The third-order valence-electron chi connectivity index (χ3n) is 5.55. The van der Waals surface area contributed by atoms with Gasteiger partial charge in [-0.15, -0.1) is 11.3 Å². The molecule has 0 radical (unpaired) electrons. The summed E-state index contributed by atoms with van der Waals surface area (Å²) >= 11 is 1.48. The monoisotopic (exact) mass is 349 g/mol. The predicted octanol–water partition coefficient (Wildman–Crippen LogP) is 1.31. The molecule has 0 bridgehead atoms. The molecule has 5 atom stereocenters. The first kappa shape index (κ1) is 16.0. The minimum absolute atomic E-state index is 0.125. The van der Waals surface area contributed by atoms with E-state index >= 15 is 0 Å². The van der Waals surface area contributed by atoms with Crippen LogP contribution < -0.4 is 5.32 Å². The van der Waals surface area contributed by atoms with Crippen molar-refractivity contribution in [2.45, 2.75) is 26.4 Å². The maximum absolute atomic E-state index is 12.4. The second-order valence-electron chi connectivity index (χ2n) is 7.32. The Hall–Kier alpha value is -1.47. The lowest BCUT2D eigenvalue weighted by molar-refractivity contribution is -0.132. The molecule has 0 aromatic carbocycles. The van der Waals surface area contributed by atoms with Gasteiger partial charge >= 0.3 is 0 Å². The van der Waals surface area contributed by atoms with Crippen molar-refractivity contribution in [2.75, 3.05) is 26.2 Å². The molecule has 2 amide bonds. The fourth-order valence-corrected chi connectivity index (χ4v) is 4.46. The molecule has 0 spiro atoms. The molecular formula is C17H23N3O3S. The maximum Gasteiger partial charge on any atom is 0.270 e. The molecule has 7 heteroatoms. The van der Waals surface area contributed by atoms with Gasteiger partial charge in [-0.3, -0.25) is 9.59 Å². The Morgan fingerprint density at radius 2 is 2.25 bits per heavy atom. The summed E-state index contributed by atoms with van der Waals surface area (Å²) in [6.07, 6.45) is 1.16. The number of aromatic nitrogens is 1. The average molecular weight is 349 g/mol. The molecule has 2 saturated heterocycles. The summed E-state index contributed by atoms with van der Waals surface area (Å²) in [5.41, 5.74) is 0.485. The maximum atomic E-state index is 12.4. The van der Waals surface area contributed by atoms with Gasteiger partial charge in [0, 0.05) is 42.8 Å². The van der Waals surface area contributed by atoms with Crippen LogP contribution in [0.15, 0.2) is 5.38 Å². The Morgan fingerprint density at radius 1 is 1.46 bits per heavy atom. The number of nitrogens with zero attached hydrogens (tertiary/aromatic N) is 2. The van der Waals surface area contributed by atoms with E-state index in [0.29, 0.717) is 43.1 Å². The number of carbonyl (C=O) groups is 2. The van der Waals surface area contributed by atoms with Crippen molar-refractivity contribution in [3.63, 3.8) is 0 Å². The van der Waals surface area contributed by atoms with Gasteiger partial charge in [0.25, 0.3) is 5.91 Å². The van der Waals surface area contributed by atoms with Crippen molar-refractivity contribution in [3.8, 4) is 0 Å². The minimum atomic E-state index is -0.125. The largest absolute Gasteiger partial charge is 0.376 e. The van der Waals surface area contributed by atoms with E-state index in [1.54, 1.807) is 5.38 Å². The summed E-state index contributed by atoms with van der Waals surface area (Å²) in [5.74, 6) is 1.54. The summed E-state index contributed by atoms with van der Waals surface area (Å²) in [5, 5.41) is 5.65. The molecule has 3 fully saturated rings. The third kappa shape index (κ3) is 2.95. The minimum Gasteiger partial charge on any atom is -0.376 e. The van der Waals surface area contributed by atoms with Crippen LogP contribution in [0.2, 0.25) is 0 Å². The normalized spacial score (nSPS) is 34.2. The molecule has 3 heterocycles. The van der Waals surface area contributed by atoms with Gasteiger partial charge in [0.2, 0.25) is 5.91 Å². The molecule has 2 aliphatic heterocycles. The Kier molecular flexibility index (Phi) is 4.08. The van der Waals surface area contributed by atoms with Crippen molar-refractivity contribution in [3.05, 3.63) is 16.1 Å². The third-order valence-corrected chi connectivity index (χ3v) is 6.33. The van der Waals surface area contributed by atoms with Crippen LogP contribution in [0, 0.1) is 30.6 Å². The van der Waals surface area contributed by atoms with E-state index in [4.69, 9.17) is 4.74 Å². The molecule has 4 rings (SSSR count). The smallest absolute Gasteiger partial charge is 0.270 e. The summed E-state index contributed by atoms with van der Waals surface area (Å²) < 4.78 is 5.88. The van der Waals surface area contributed by atoms with Gasteiger partial charge in [-0.2, -0.15) is 0 Å². The summed E-state index contributed by atoms with van der Waals surface area (Å²) in [7, 11) is 0. The van der Waals surface area contributed by atoms with E-state index < -0.39 is 0 Å². The Morgan fingerprint density at radius 3 is 2.92 bits per heavy atom. The number of thiazole rings is 1. The molecule has 1 aliphatic carbocycles. The number of nitrogens with one attached hydrogen (secondary N) is 1. The number of rotatable bonds is 4. The molecule has 1 saturated carbocycles. The number of hydrogen-bond donors (Lipinski definition) is 1. The Bertz CT molecular complexity index is 661. The lowest BCUT2D eigenvalue weighted by Crippen LogP contribution is -2.36. The Balaban J connectivity index is 1.31. The number of carbonyl (C=O) groups excluding carboxylic acids is 2. The van der Waals surface area contributed by atoms with Crippen molar-refractivity contribution < 1.29 is 14.3 Å². The van der Waals surface area contributed by atoms with Gasteiger partial charge in [0.05, 0.1) is 17.7 Å². The molecule has 1 N–H and O–H groups in total. The lowest BCUT2D eigenvalue weighted by atomic mass is 9.93. The first-order chi connectivity index (χ1) is 11.5. The molecule has 130 valence electrons. The number of aryl methyl sites for hydroxylation is 1. The van der Waals surface area contributed by atoms with Crippen molar-refractivity contribution in [1.82, 2.24) is 15.2 Å². The zero-order valence-electron chi connectivity index (χ0n) is 14.0. The van der Waals surface area contributed by atoms with Gasteiger partial charge in [-0.25, -0.2) is 4.98 Å². The quantitative estimate of drug-likeness (QED) is 0.890. The van der Waals surface area contributed by atoms with Crippen LogP contribution in [0.25, 0.3) is 0 Å². The summed E-state index contributed by atoms with van der Waals surface area (Å²) in [4.78, 5) is 30.7. The number of fused-ring (bicyclic) bond motifs is 1. The van der Waals surface area contributed by atoms with Gasteiger partial charge in [-0.05, 0) is 19.3 Å². The second kappa shape index (κ2) is 6.11. The highest BCUT2D eigenvalue weighted by Crippen LogP contribution is 2.41.